The molecule has 0 radical (unpaired) electrons. The number of allylic oxidation sites excluding steroid dienone is 1. The first kappa shape index (κ1) is 9.10. The van der Waals surface area contributed by atoms with Gasteiger partial charge in [-0.3, -0.25) is 0 Å². The molecule has 1 aliphatic carbocycles. The van der Waals surface area contributed by atoms with E-state index in [0.717, 1.165) is 25.7 Å². The molecule has 0 saturated carbocycles. The largest absolute Gasteiger partial charge is 0.392 e. The van der Waals surface area contributed by atoms with Crippen LogP contribution in [0.25, 0.3) is 10.4 Å². The smallest absolute Gasteiger partial charge is 0.0814 e. The average molecular weight is 167 g/mol. The molecule has 0 amide bonds. The molecule has 1 rings (SSSR count). The fourth-order valence-corrected chi connectivity index (χ4v) is 1.33. The summed E-state index contributed by atoms with van der Waals surface area (Å²) in [4.78, 5) is 2.70. The highest BCUT2D eigenvalue weighted by Gasteiger charge is 2.15. The molecule has 0 aromatic heterocycles. The first-order valence-corrected chi connectivity index (χ1v) is 4.23. The molecule has 0 unspecified atom stereocenters. The van der Waals surface area contributed by atoms with Gasteiger partial charge in [0.05, 0.1) is 12.1 Å². The van der Waals surface area contributed by atoms with Gasteiger partial charge >= 0.3 is 0 Å². The van der Waals surface area contributed by atoms with Crippen molar-refractivity contribution in [2.24, 2.45) is 5.11 Å². The van der Waals surface area contributed by atoms with E-state index >= 15 is 0 Å². The van der Waals surface area contributed by atoms with Crippen LogP contribution in [-0.2, 0) is 0 Å². The Hall–Kier alpha value is -0.990. The summed E-state index contributed by atoms with van der Waals surface area (Å²) in [6.07, 6.45) is 7.13. The normalized spacial score (nSPS) is 32.8. The van der Waals surface area contributed by atoms with E-state index in [-0.39, 0.29) is 6.04 Å². The third-order valence-corrected chi connectivity index (χ3v) is 2.03. The van der Waals surface area contributed by atoms with Crippen LogP contribution in [0.5, 0.6) is 0 Å². The Balaban J connectivity index is 2.63. The van der Waals surface area contributed by atoms with Gasteiger partial charge in [-0.05, 0) is 24.8 Å². The van der Waals surface area contributed by atoms with Crippen LogP contribution in [0.2, 0.25) is 0 Å². The molecule has 0 aromatic rings. The van der Waals surface area contributed by atoms with Crippen molar-refractivity contribution >= 4 is 0 Å². The van der Waals surface area contributed by atoms with E-state index in [9.17, 15) is 5.11 Å². The van der Waals surface area contributed by atoms with Crippen molar-refractivity contribution in [3.05, 3.63) is 22.6 Å². The van der Waals surface area contributed by atoms with Crippen LogP contribution in [0.15, 0.2) is 17.3 Å². The van der Waals surface area contributed by atoms with Crippen molar-refractivity contribution in [2.45, 2.75) is 37.8 Å². The maximum Gasteiger partial charge on any atom is 0.0814 e. The molecule has 0 aromatic carbocycles. The van der Waals surface area contributed by atoms with Crippen LogP contribution in [-0.4, -0.2) is 17.3 Å². The quantitative estimate of drug-likeness (QED) is 0.276. The van der Waals surface area contributed by atoms with Gasteiger partial charge in [-0.1, -0.05) is 23.7 Å². The number of rotatable bonds is 1. The molecule has 0 heterocycles. The van der Waals surface area contributed by atoms with Crippen LogP contribution in [0.1, 0.15) is 25.7 Å². The maximum atomic E-state index is 9.49. The molecule has 12 heavy (non-hydrogen) atoms. The number of azide groups is 1. The Labute approximate surface area is 71.5 Å². The lowest BCUT2D eigenvalue weighted by atomic mass is 10.0. The zero-order valence-electron chi connectivity index (χ0n) is 6.93. The maximum absolute atomic E-state index is 9.49. The van der Waals surface area contributed by atoms with Gasteiger partial charge in [0.1, 0.15) is 0 Å². The van der Waals surface area contributed by atoms with Crippen LogP contribution in [0, 0.1) is 0 Å². The fourth-order valence-electron chi connectivity index (χ4n) is 1.33. The zero-order chi connectivity index (χ0) is 8.81. The van der Waals surface area contributed by atoms with Gasteiger partial charge < -0.3 is 5.11 Å². The van der Waals surface area contributed by atoms with Crippen LogP contribution in [0.3, 0.4) is 0 Å². The van der Waals surface area contributed by atoms with Gasteiger partial charge in [-0.15, -0.1) is 0 Å². The van der Waals surface area contributed by atoms with Gasteiger partial charge in [-0.25, -0.2) is 0 Å². The highest BCUT2D eigenvalue weighted by atomic mass is 16.3. The van der Waals surface area contributed by atoms with Gasteiger partial charge in [-0.2, -0.15) is 0 Å². The summed E-state index contributed by atoms with van der Waals surface area (Å²) < 4.78 is 0. The Morgan fingerprint density at radius 2 is 2.33 bits per heavy atom. The van der Waals surface area contributed by atoms with E-state index in [1.165, 1.54) is 0 Å². The molecule has 0 fully saturated rings. The van der Waals surface area contributed by atoms with E-state index < -0.39 is 6.10 Å². The van der Waals surface area contributed by atoms with E-state index in [4.69, 9.17) is 5.53 Å². The predicted octanol–water partition coefficient (Wildman–Crippen LogP) is 2.16. The van der Waals surface area contributed by atoms with Crippen molar-refractivity contribution < 1.29 is 5.11 Å². The van der Waals surface area contributed by atoms with Crippen LogP contribution >= 0.6 is 0 Å². The average Bonchev–Trinajstić information content (AvgIpc) is 2.05. The molecule has 2 atom stereocenters. The fraction of sp³-hybridized carbons (Fsp3) is 0.750. The number of nitrogens with zero attached hydrogens (tertiary/aromatic N) is 3. The monoisotopic (exact) mass is 167 g/mol. The molecule has 0 saturated heterocycles. The van der Waals surface area contributed by atoms with Gasteiger partial charge in [0, 0.05) is 4.91 Å². The Bertz CT molecular complexity index is 208. The van der Waals surface area contributed by atoms with E-state index in [1.54, 1.807) is 6.08 Å². The van der Waals surface area contributed by atoms with Gasteiger partial charge in [0.15, 0.2) is 0 Å². The summed E-state index contributed by atoms with van der Waals surface area (Å²) in [6.45, 7) is 0. The molecular formula is C8H13N3O. The second kappa shape index (κ2) is 4.80. The number of aliphatic hydroxyl groups excluding tert-OH is 1. The van der Waals surface area contributed by atoms with E-state index in [1.807, 2.05) is 6.08 Å². The lowest BCUT2D eigenvalue weighted by Crippen LogP contribution is -2.22. The summed E-state index contributed by atoms with van der Waals surface area (Å²) in [5.74, 6) is 0. The number of hydrogen-bond donors (Lipinski definition) is 1. The molecule has 0 spiro atoms. The Morgan fingerprint density at radius 1 is 1.50 bits per heavy atom. The summed E-state index contributed by atoms with van der Waals surface area (Å²) in [7, 11) is 0. The SMILES string of the molecule is [N-]=[N+]=N[C@H]1/C=C\CCCC[C@@H]1O. The molecule has 1 N–H and O–H groups in total. The Kier molecular flexibility index (Phi) is 3.64. The van der Waals surface area contributed by atoms with Crippen molar-refractivity contribution in [1.82, 2.24) is 0 Å². The predicted molar refractivity (Wildman–Crippen MR) is 46.5 cm³/mol. The summed E-state index contributed by atoms with van der Waals surface area (Å²) in [5, 5.41) is 13.0. The highest BCUT2D eigenvalue weighted by molar-refractivity contribution is 4.98. The summed E-state index contributed by atoms with van der Waals surface area (Å²) in [5.41, 5.74) is 8.21. The van der Waals surface area contributed by atoms with Gasteiger partial charge in [0.2, 0.25) is 0 Å². The number of hydrogen-bond acceptors (Lipinski definition) is 2. The minimum Gasteiger partial charge on any atom is -0.392 e. The minimum atomic E-state index is -0.502. The second-order valence-electron chi connectivity index (χ2n) is 2.98. The number of aliphatic hydroxyl groups is 1. The first-order chi connectivity index (χ1) is 5.84. The second-order valence-corrected chi connectivity index (χ2v) is 2.98. The molecule has 0 aliphatic heterocycles. The molecule has 66 valence electrons. The lowest BCUT2D eigenvalue weighted by molar-refractivity contribution is 0.146. The van der Waals surface area contributed by atoms with Crippen molar-refractivity contribution in [1.29, 1.82) is 0 Å². The molecular weight excluding hydrogens is 154 g/mol. The minimum absolute atomic E-state index is 0.365. The third kappa shape index (κ3) is 2.57. The molecule has 4 heteroatoms. The first-order valence-electron chi connectivity index (χ1n) is 4.23. The molecule has 4 nitrogen and oxygen atoms in total. The third-order valence-electron chi connectivity index (χ3n) is 2.03. The summed E-state index contributed by atoms with van der Waals surface area (Å²) >= 11 is 0. The summed E-state index contributed by atoms with van der Waals surface area (Å²) in [6, 6.07) is -0.365. The van der Waals surface area contributed by atoms with Gasteiger partial charge in [0.25, 0.3) is 0 Å². The van der Waals surface area contributed by atoms with Crippen molar-refractivity contribution in [3.63, 3.8) is 0 Å². The zero-order valence-corrected chi connectivity index (χ0v) is 6.93. The van der Waals surface area contributed by atoms with E-state index in [0.29, 0.717) is 0 Å². The van der Waals surface area contributed by atoms with Crippen LogP contribution in [0.4, 0.5) is 0 Å². The Morgan fingerprint density at radius 3 is 3.08 bits per heavy atom. The highest BCUT2D eigenvalue weighted by Crippen LogP contribution is 2.14. The van der Waals surface area contributed by atoms with Crippen LogP contribution < -0.4 is 0 Å². The topological polar surface area (TPSA) is 69.0 Å². The molecule has 0 bridgehead atoms. The molecule has 1 aliphatic rings. The lowest BCUT2D eigenvalue weighted by Gasteiger charge is -2.16. The van der Waals surface area contributed by atoms with E-state index in [2.05, 4.69) is 10.0 Å². The van der Waals surface area contributed by atoms with Crippen molar-refractivity contribution in [3.8, 4) is 0 Å². The standard InChI is InChI=1S/C8H13N3O/c9-11-10-7-5-3-1-2-4-6-8(7)12/h3,5,7-8,12H,1-2,4,6H2/b5-3-/t7-,8-/m0/s1. The van der Waals surface area contributed by atoms with Crippen molar-refractivity contribution in [2.75, 3.05) is 0 Å².